The summed E-state index contributed by atoms with van der Waals surface area (Å²) in [5.41, 5.74) is 2.37. The Morgan fingerprint density at radius 2 is 1.78 bits per heavy atom. The highest BCUT2D eigenvalue weighted by Crippen LogP contribution is 2.14. The van der Waals surface area contributed by atoms with Gasteiger partial charge in [0, 0.05) is 10.0 Å². The summed E-state index contributed by atoms with van der Waals surface area (Å²) in [6.45, 7) is 5.19. The quantitative estimate of drug-likeness (QED) is 0.686. The molecule has 0 heterocycles. The van der Waals surface area contributed by atoms with Gasteiger partial charge >= 0.3 is 5.97 Å². The van der Waals surface area contributed by atoms with Crippen molar-refractivity contribution < 1.29 is 14.4 Å². The molecule has 4 nitrogen and oxygen atoms in total. The number of hydroxylamine groups is 1. The number of hydrogen-bond acceptors (Lipinski definition) is 4. The third kappa shape index (κ3) is 4.58. The number of halogens is 1. The van der Waals surface area contributed by atoms with Crippen molar-refractivity contribution in [2.75, 3.05) is 6.54 Å². The zero-order valence-corrected chi connectivity index (χ0v) is 12.2. The van der Waals surface area contributed by atoms with Crippen LogP contribution in [-0.4, -0.2) is 18.3 Å². The van der Waals surface area contributed by atoms with Crippen LogP contribution in [0.3, 0.4) is 0 Å². The molecule has 0 unspecified atom stereocenters. The van der Waals surface area contributed by atoms with E-state index >= 15 is 0 Å². The molecule has 0 radical (unpaired) electrons. The van der Waals surface area contributed by atoms with E-state index < -0.39 is 11.4 Å². The zero-order chi connectivity index (χ0) is 13.8. The third-order valence-electron chi connectivity index (χ3n) is 2.18. The highest BCUT2D eigenvalue weighted by molar-refractivity contribution is 9.10. The SMILES string of the molecule is CC(C)(C)C(=O)ONCC(=O)c1ccc(Br)cc1. The molecular weight excluding hydrogens is 298 g/mol. The third-order valence-corrected chi connectivity index (χ3v) is 2.70. The second-order valence-corrected chi connectivity index (χ2v) is 5.81. The smallest absolute Gasteiger partial charge is 0.329 e. The van der Waals surface area contributed by atoms with Crippen molar-refractivity contribution in [3.05, 3.63) is 34.3 Å². The topological polar surface area (TPSA) is 55.4 Å². The number of Topliss-reactive ketones (excluding diaryl/α,β-unsaturated/α-hetero) is 1. The average molecular weight is 314 g/mol. The number of hydrogen-bond donors (Lipinski definition) is 1. The van der Waals surface area contributed by atoms with Crippen LogP contribution in [0.15, 0.2) is 28.7 Å². The van der Waals surface area contributed by atoms with E-state index in [1.165, 1.54) is 0 Å². The Bertz CT molecular complexity index is 435. The van der Waals surface area contributed by atoms with Crippen LogP contribution < -0.4 is 5.48 Å². The molecule has 98 valence electrons. The lowest BCUT2D eigenvalue weighted by atomic mass is 9.98. The van der Waals surface area contributed by atoms with Crippen LogP contribution in [0.5, 0.6) is 0 Å². The largest absolute Gasteiger partial charge is 0.370 e. The molecule has 1 rings (SSSR count). The Hall–Kier alpha value is -1.20. The molecule has 1 aromatic rings. The monoisotopic (exact) mass is 313 g/mol. The first-order chi connectivity index (χ1) is 8.30. The van der Waals surface area contributed by atoms with Gasteiger partial charge in [0.1, 0.15) is 0 Å². The minimum absolute atomic E-state index is 0.0382. The van der Waals surface area contributed by atoms with Crippen molar-refractivity contribution in [3.8, 4) is 0 Å². The Labute approximate surface area is 115 Å². The fraction of sp³-hybridized carbons (Fsp3) is 0.385. The Balaban J connectivity index is 2.43. The number of benzene rings is 1. The van der Waals surface area contributed by atoms with Gasteiger partial charge in [-0.1, -0.05) is 28.1 Å². The lowest BCUT2D eigenvalue weighted by Crippen LogP contribution is -2.32. The molecule has 0 aliphatic carbocycles. The minimum atomic E-state index is -0.590. The standard InChI is InChI=1S/C13H16BrNO3/c1-13(2,3)12(17)18-15-8-11(16)9-4-6-10(14)7-5-9/h4-7,15H,8H2,1-3H3. The molecule has 0 amide bonds. The molecule has 18 heavy (non-hydrogen) atoms. The second-order valence-electron chi connectivity index (χ2n) is 4.89. The van der Waals surface area contributed by atoms with Gasteiger partial charge in [0.2, 0.25) is 0 Å². The molecular formula is C13H16BrNO3. The van der Waals surface area contributed by atoms with Gasteiger partial charge in [0.15, 0.2) is 5.78 Å². The van der Waals surface area contributed by atoms with E-state index in [0.717, 1.165) is 4.47 Å². The van der Waals surface area contributed by atoms with Crippen molar-refractivity contribution in [3.63, 3.8) is 0 Å². The molecule has 0 atom stereocenters. The highest BCUT2D eigenvalue weighted by atomic mass is 79.9. The van der Waals surface area contributed by atoms with Crippen molar-refractivity contribution in [2.45, 2.75) is 20.8 Å². The first-order valence-corrected chi connectivity index (χ1v) is 6.33. The van der Waals surface area contributed by atoms with E-state index in [-0.39, 0.29) is 12.3 Å². The summed E-state index contributed by atoms with van der Waals surface area (Å²) in [5, 5.41) is 0. The maximum absolute atomic E-state index is 11.7. The summed E-state index contributed by atoms with van der Waals surface area (Å²) in [6.07, 6.45) is 0. The van der Waals surface area contributed by atoms with Gasteiger partial charge in [-0.25, -0.2) is 4.79 Å². The van der Waals surface area contributed by atoms with Gasteiger partial charge in [-0.2, -0.15) is 0 Å². The van der Waals surface area contributed by atoms with Gasteiger partial charge in [-0.15, -0.1) is 5.48 Å². The lowest BCUT2D eigenvalue weighted by Gasteiger charge is -2.15. The Morgan fingerprint density at radius 3 is 2.28 bits per heavy atom. The Kier molecular flexibility index (Phi) is 5.04. The molecule has 0 saturated carbocycles. The van der Waals surface area contributed by atoms with E-state index in [1.807, 2.05) is 0 Å². The van der Waals surface area contributed by atoms with E-state index in [9.17, 15) is 9.59 Å². The number of ketones is 1. The number of carbonyl (C=O) groups excluding carboxylic acids is 2. The van der Waals surface area contributed by atoms with Gasteiger partial charge in [0.05, 0.1) is 12.0 Å². The number of nitrogens with one attached hydrogen (secondary N) is 1. The average Bonchev–Trinajstić information content (AvgIpc) is 2.28. The van der Waals surface area contributed by atoms with Gasteiger partial charge in [-0.05, 0) is 32.9 Å². The van der Waals surface area contributed by atoms with Gasteiger partial charge in [-0.3, -0.25) is 4.79 Å². The van der Waals surface area contributed by atoms with Crippen molar-refractivity contribution in [2.24, 2.45) is 5.41 Å². The van der Waals surface area contributed by atoms with Gasteiger partial charge < -0.3 is 4.84 Å². The summed E-state index contributed by atoms with van der Waals surface area (Å²) in [5.74, 6) is -0.532. The summed E-state index contributed by atoms with van der Waals surface area (Å²) >= 11 is 3.29. The van der Waals surface area contributed by atoms with Crippen LogP contribution in [0, 0.1) is 5.41 Å². The van der Waals surface area contributed by atoms with Crippen LogP contribution in [-0.2, 0) is 9.63 Å². The van der Waals surface area contributed by atoms with Crippen LogP contribution in [0.4, 0.5) is 0 Å². The fourth-order valence-electron chi connectivity index (χ4n) is 1.06. The second kappa shape index (κ2) is 6.11. The van der Waals surface area contributed by atoms with Crippen LogP contribution in [0.2, 0.25) is 0 Å². The van der Waals surface area contributed by atoms with Crippen LogP contribution >= 0.6 is 15.9 Å². The fourth-order valence-corrected chi connectivity index (χ4v) is 1.32. The summed E-state index contributed by atoms with van der Waals surface area (Å²) in [4.78, 5) is 27.9. The van der Waals surface area contributed by atoms with E-state index in [4.69, 9.17) is 4.84 Å². The molecule has 0 bridgehead atoms. The van der Waals surface area contributed by atoms with Gasteiger partial charge in [0.25, 0.3) is 0 Å². The molecule has 0 aliphatic rings. The van der Waals surface area contributed by atoms with Crippen molar-refractivity contribution in [1.29, 1.82) is 0 Å². The number of carbonyl (C=O) groups is 2. The maximum Gasteiger partial charge on any atom is 0.329 e. The summed E-state index contributed by atoms with van der Waals surface area (Å²) in [7, 11) is 0. The van der Waals surface area contributed by atoms with Crippen molar-refractivity contribution >= 4 is 27.7 Å². The summed E-state index contributed by atoms with van der Waals surface area (Å²) < 4.78 is 0.908. The normalized spacial score (nSPS) is 11.1. The van der Waals surface area contributed by atoms with E-state index in [0.29, 0.717) is 5.56 Å². The number of rotatable bonds is 4. The predicted octanol–water partition coefficient (Wildman–Crippen LogP) is 2.73. The predicted molar refractivity (Wildman–Crippen MR) is 72.0 cm³/mol. The minimum Gasteiger partial charge on any atom is -0.370 e. The molecule has 0 spiro atoms. The molecule has 1 aromatic carbocycles. The highest BCUT2D eigenvalue weighted by Gasteiger charge is 2.23. The van der Waals surface area contributed by atoms with Crippen LogP contribution in [0.1, 0.15) is 31.1 Å². The first-order valence-electron chi connectivity index (χ1n) is 5.53. The zero-order valence-electron chi connectivity index (χ0n) is 10.6. The molecule has 1 N–H and O–H groups in total. The van der Waals surface area contributed by atoms with Crippen molar-refractivity contribution in [1.82, 2.24) is 5.48 Å². The lowest BCUT2D eigenvalue weighted by molar-refractivity contribution is -0.160. The maximum atomic E-state index is 11.7. The molecule has 5 heteroatoms. The van der Waals surface area contributed by atoms with E-state index in [2.05, 4.69) is 21.4 Å². The van der Waals surface area contributed by atoms with Crippen LogP contribution in [0.25, 0.3) is 0 Å². The first kappa shape index (κ1) is 14.9. The van der Waals surface area contributed by atoms with E-state index in [1.54, 1.807) is 45.0 Å². The molecule has 0 aliphatic heterocycles. The summed E-state index contributed by atoms with van der Waals surface area (Å²) in [6, 6.07) is 6.99. The molecule has 0 fully saturated rings. The molecule has 0 saturated heterocycles. The molecule has 0 aromatic heterocycles. The Morgan fingerprint density at radius 1 is 1.22 bits per heavy atom.